The van der Waals surface area contributed by atoms with Gasteiger partial charge in [-0.1, -0.05) is 13.8 Å². The summed E-state index contributed by atoms with van der Waals surface area (Å²) in [5.74, 6) is 0. The summed E-state index contributed by atoms with van der Waals surface area (Å²) < 4.78 is 0. The Morgan fingerprint density at radius 1 is 1.18 bits per heavy atom. The van der Waals surface area contributed by atoms with Gasteiger partial charge in [-0.3, -0.25) is 9.97 Å². The van der Waals surface area contributed by atoms with Crippen molar-refractivity contribution in [2.45, 2.75) is 20.8 Å². The van der Waals surface area contributed by atoms with Crippen LogP contribution in [0, 0.1) is 6.92 Å². The van der Waals surface area contributed by atoms with Gasteiger partial charge in [0.05, 0.1) is 5.69 Å². The molecule has 1 aromatic heterocycles. The Kier molecular flexibility index (Phi) is 13.6. The summed E-state index contributed by atoms with van der Waals surface area (Å²) in [5.41, 5.74) is 5.46. The van der Waals surface area contributed by atoms with Crippen LogP contribution < -0.4 is 5.73 Å². The quantitative estimate of drug-likeness (QED) is 0.616. The second-order valence-corrected chi connectivity index (χ2v) is 1.35. The van der Waals surface area contributed by atoms with E-state index in [1.54, 1.807) is 18.6 Å². The van der Waals surface area contributed by atoms with Gasteiger partial charge >= 0.3 is 0 Å². The summed E-state index contributed by atoms with van der Waals surface area (Å²) >= 11 is 0. The van der Waals surface area contributed by atoms with Crippen LogP contribution in [0.3, 0.4) is 0 Å². The van der Waals surface area contributed by atoms with Crippen LogP contribution in [0.25, 0.3) is 0 Å². The first kappa shape index (κ1) is 12.7. The van der Waals surface area contributed by atoms with E-state index in [-0.39, 0.29) is 0 Å². The second kappa shape index (κ2) is 11.8. The highest BCUT2D eigenvalue weighted by Crippen LogP contribution is 1.81. The predicted molar refractivity (Wildman–Crippen MR) is 48.2 cm³/mol. The lowest BCUT2D eigenvalue weighted by Crippen LogP contribution is -1.77. The summed E-state index contributed by atoms with van der Waals surface area (Å²) in [6.07, 6.45) is 5.06. The molecule has 3 heteroatoms. The fourth-order valence-electron chi connectivity index (χ4n) is 0.374. The molecule has 0 amide bonds. The minimum Gasteiger partial charge on any atom is -0.333 e. The van der Waals surface area contributed by atoms with E-state index in [4.69, 9.17) is 0 Å². The molecule has 1 rings (SSSR count). The molecule has 0 saturated carbocycles. The lowest BCUT2D eigenvalue weighted by atomic mass is 10.5. The highest BCUT2D eigenvalue weighted by Gasteiger charge is 1.74. The zero-order valence-electron chi connectivity index (χ0n) is 7.70. The summed E-state index contributed by atoms with van der Waals surface area (Å²) in [4.78, 5) is 7.74. The highest BCUT2D eigenvalue weighted by molar-refractivity contribution is 4.88. The zero-order valence-corrected chi connectivity index (χ0v) is 7.70. The third-order valence-electron chi connectivity index (χ3n) is 0.692. The maximum Gasteiger partial charge on any atom is 0.0555 e. The number of hydrogen-bond acceptors (Lipinski definition) is 3. The number of nitrogens with zero attached hydrogens (tertiary/aromatic N) is 2. The Bertz CT molecular complexity index is 139. The molecular weight excluding hydrogens is 138 g/mol. The molecule has 0 spiro atoms. The molecule has 64 valence electrons. The molecule has 0 atom stereocenters. The predicted octanol–water partition coefficient (Wildman–Crippen LogP) is 1.39. The van der Waals surface area contributed by atoms with Crippen molar-refractivity contribution in [1.29, 1.82) is 0 Å². The van der Waals surface area contributed by atoms with Crippen LogP contribution in [0.2, 0.25) is 0 Å². The van der Waals surface area contributed by atoms with Gasteiger partial charge in [0, 0.05) is 18.6 Å². The van der Waals surface area contributed by atoms with Crippen molar-refractivity contribution in [3.63, 3.8) is 0 Å². The van der Waals surface area contributed by atoms with Gasteiger partial charge in [-0.05, 0) is 14.0 Å². The number of aryl methyl sites for hydroxylation is 1. The van der Waals surface area contributed by atoms with Crippen LogP contribution in [0.4, 0.5) is 0 Å². The van der Waals surface area contributed by atoms with E-state index < -0.39 is 0 Å². The van der Waals surface area contributed by atoms with Gasteiger partial charge in [0.1, 0.15) is 0 Å². The maximum atomic E-state index is 4.50. The smallest absolute Gasteiger partial charge is 0.0555 e. The Morgan fingerprint density at radius 2 is 1.73 bits per heavy atom. The van der Waals surface area contributed by atoms with E-state index in [2.05, 4.69) is 15.7 Å². The zero-order chi connectivity index (χ0) is 9.11. The van der Waals surface area contributed by atoms with Gasteiger partial charge in [0.25, 0.3) is 0 Å². The van der Waals surface area contributed by atoms with Crippen molar-refractivity contribution in [2.75, 3.05) is 7.05 Å². The van der Waals surface area contributed by atoms with Crippen molar-refractivity contribution >= 4 is 0 Å². The van der Waals surface area contributed by atoms with Crippen molar-refractivity contribution in [2.24, 2.45) is 5.73 Å². The van der Waals surface area contributed by atoms with Gasteiger partial charge in [-0.2, -0.15) is 0 Å². The van der Waals surface area contributed by atoms with Crippen LogP contribution in [0.1, 0.15) is 19.5 Å². The summed E-state index contributed by atoms with van der Waals surface area (Å²) in [6.45, 7) is 5.91. The molecule has 0 aliphatic rings. The van der Waals surface area contributed by atoms with Crippen molar-refractivity contribution in [3.8, 4) is 0 Å². The van der Waals surface area contributed by atoms with E-state index in [1.165, 1.54) is 7.05 Å². The molecule has 0 fully saturated rings. The van der Waals surface area contributed by atoms with Crippen molar-refractivity contribution < 1.29 is 0 Å². The Hall–Kier alpha value is -0.960. The molecule has 0 bridgehead atoms. The first-order chi connectivity index (χ1) is 5.39. The number of aromatic nitrogens is 2. The van der Waals surface area contributed by atoms with Gasteiger partial charge in [0.15, 0.2) is 0 Å². The van der Waals surface area contributed by atoms with Crippen LogP contribution >= 0.6 is 0 Å². The molecule has 2 N–H and O–H groups in total. The maximum absolute atomic E-state index is 4.50. The fraction of sp³-hybridized carbons (Fsp3) is 0.500. The molecule has 1 heterocycles. The van der Waals surface area contributed by atoms with Gasteiger partial charge < -0.3 is 5.73 Å². The average molecular weight is 155 g/mol. The third kappa shape index (κ3) is 9.04. The topological polar surface area (TPSA) is 51.8 Å². The van der Waals surface area contributed by atoms with Crippen LogP contribution in [-0.4, -0.2) is 17.0 Å². The molecule has 0 aliphatic carbocycles. The highest BCUT2D eigenvalue weighted by atomic mass is 14.7. The molecular formula is C8H17N3. The van der Waals surface area contributed by atoms with E-state index in [9.17, 15) is 0 Å². The normalized spacial score (nSPS) is 6.64. The van der Waals surface area contributed by atoms with E-state index >= 15 is 0 Å². The Balaban J connectivity index is 0. The van der Waals surface area contributed by atoms with E-state index in [0.29, 0.717) is 0 Å². The SMILES string of the molecule is CC.CN.Cc1cnccn1. The first-order valence-electron chi connectivity index (χ1n) is 3.70. The molecule has 0 aromatic carbocycles. The van der Waals surface area contributed by atoms with E-state index in [0.717, 1.165) is 5.69 Å². The summed E-state index contributed by atoms with van der Waals surface area (Å²) in [6, 6.07) is 0. The minimum atomic E-state index is 0.961. The van der Waals surface area contributed by atoms with Crippen molar-refractivity contribution in [3.05, 3.63) is 24.3 Å². The lowest BCUT2D eigenvalue weighted by molar-refractivity contribution is 1.12. The molecule has 0 saturated heterocycles. The van der Waals surface area contributed by atoms with E-state index in [1.807, 2.05) is 20.8 Å². The second-order valence-electron chi connectivity index (χ2n) is 1.35. The summed E-state index contributed by atoms with van der Waals surface area (Å²) in [7, 11) is 1.50. The van der Waals surface area contributed by atoms with Gasteiger partial charge in [-0.25, -0.2) is 0 Å². The number of hydrogen-bond donors (Lipinski definition) is 1. The molecule has 11 heavy (non-hydrogen) atoms. The summed E-state index contributed by atoms with van der Waals surface area (Å²) in [5, 5.41) is 0. The first-order valence-corrected chi connectivity index (χ1v) is 3.70. The lowest BCUT2D eigenvalue weighted by Gasteiger charge is -1.81. The number of nitrogens with two attached hydrogens (primary N) is 1. The Morgan fingerprint density at radius 3 is 1.91 bits per heavy atom. The largest absolute Gasteiger partial charge is 0.333 e. The van der Waals surface area contributed by atoms with Crippen LogP contribution in [0.5, 0.6) is 0 Å². The van der Waals surface area contributed by atoms with Crippen molar-refractivity contribution in [1.82, 2.24) is 9.97 Å². The molecule has 3 nitrogen and oxygen atoms in total. The average Bonchev–Trinajstić information content (AvgIpc) is 2.13. The van der Waals surface area contributed by atoms with Gasteiger partial charge in [0.2, 0.25) is 0 Å². The third-order valence-corrected chi connectivity index (χ3v) is 0.692. The molecule has 1 aromatic rings. The molecule has 0 radical (unpaired) electrons. The van der Waals surface area contributed by atoms with Gasteiger partial charge in [-0.15, -0.1) is 0 Å². The van der Waals surface area contributed by atoms with Crippen LogP contribution in [-0.2, 0) is 0 Å². The number of rotatable bonds is 0. The minimum absolute atomic E-state index is 0.961. The monoisotopic (exact) mass is 155 g/mol. The molecule has 0 unspecified atom stereocenters. The fourth-order valence-corrected chi connectivity index (χ4v) is 0.374. The standard InChI is InChI=1S/C5H6N2.C2H6.CH5N/c1-5-4-6-2-3-7-5;2*1-2/h2-4H,1H3;1-2H3;2H2,1H3. The molecule has 0 aliphatic heterocycles. The van der Waals surface area contributed by atoms with Crippen LogP contribution in [0.15, 0.2) is 18.6 Å². The Labute approximate surface area is 68.7 Å².